The number of halogens is 1. The molecule has 1 atom stereocenters. The monoisotopic (exact) mass is 293 g/mol. The highest BCUT2D eigenvalue weighted by Gasteiger charge is 2.22. The van der Waals surface area contributed by atoms with E-state index in [1.807, 2.05) is 18.2 Å². The number of aromatic nitrogens is 1. The van der Waals surface area contributed by atoms with Crippen LogP contribution in [0, 0.1) is 5.41 Å². The van der Waals surface area contributed by atoms with Crippen LogP contribution >= 0.6 is 22.9 Å². The lowest BCUT2D eigenvalue weighted by Gasteiger charge is -2.24. The average Bonchev–Trinajstić information content (AvgIpc) is 2.76. The second kappa shape index (κ2) is 6.06. The molecular weight excluding hydrogens is 274 g/mol. The van der Waals surface area contributed by atoms with Gasteiger partial charge in [0.05, 0.1) is 10.7 Å². The normalized spacial score (nSPS) is 13.5. The maximum Gasteiger partial charge on any atom is 0.0937 e. The molecule has 1 unspecified atom stereocenters. The van der Waals surface area contributed by atoms with Gasteiger partial charge in [0.1, 0.15) is 0 Å². The van der Waals surface area contributed by atoms with Crippen LogP contribution in [0.3, 0.4) is 0 Å². The number of alkyl halides is 1. The lowest BCUT2D eigenvalue weighted by Crippen LogP contribution is -2.18. The van der Waals surface area contributed by atoms with Crippen LogP contribution in [0.1, 0.15) is 32.2 Å². The van der Waals surface area contributed by atoms with Crippen molar-refractivity contribution in [2.45, 2.75) is 39.0 Å². The maximum atomic E-state index is 6.11. The van der Waals surface area contributed by atoms with Crippen molar-refractivity contribution in [3.05, 3.63) is 40.7 Å². The first-order chi connectivity index (χ1) is 8.96. The highest BCUT2D eigenvalue weighted by Crippen LogP contribution is 2.31. The first-order valence-electron chi connectivity index (χ1n) is 6.60. The molecule has 0 fully saturated rings. The maximum absolute atomic E-state index is 6.11. The first kappa shape index (κ1) is 14.5. The zero-order valence-electron chi connectivity index (χ0n) is 11.7. The van der Waals surface area contributed by atoms with Crippen molar-refractivity contribution in [2.75, 3.05) is 0 Å². The first-order valence-corrected chi connectivity index (χ1v) is 7.92. The minimum atomic E-state index is 0.201. The van der Waals surface area contributed by atoms with Gasteiger partial charge in [-0.05, 0) is 18.8 Å². The Bertz CT molecular complexity index is 517. The number of benzene rings is 1. The standard InChI is InChI=1S/C16H20ClNS/c1-12(17)9-16(2,3)10-15-18-14(11-19-15)13-7-5-4-6-8-13/h4-8,11-12H,9-10H2,1-3H3. The number of rotatable bonds is 5. The van der Waals surface area contributed by atoms with Gasteiger partial charge in [-0.1, -0.05) is 44.2 Å². The van der Waals surface area contributed by atoms with Crippen molar-refractivity contribution in [1.82, 2.24) is 4.98 Å². The fourth-order valence-electron chi connectivity index (χ4n) is 2.38. The van der Waals surface area contributed by atoms with E-state index in [1.165, 1.54) is 10.6 Å². The highest BCUT2D eigenvalue weighted by molar-refractivity contribution is 7.09. The van der Waals surface area contributed by atoms with Crippen LogP contribution in [-0.4, -0.2) is 10.4 Å². The smallest absolute Gasteiger partial charge is 0.0937 e. The van der Waals surface area contributed by atoms with Crippen LogP contribution in [-0.2, 0) is 6.42 Å². The van der Waals surface area contributed by atoms with Gasteiger partial charge >= 0.3 is 0 Å². The zero-order chi connectivity index (χ0) is 13.9. The Hall–Kier alpha value is -0.860. The van der Waals surface area contributed by atoms with E-state index >= 15 is 0 Å². The van der Waals surface area contributed by atoms with Crippen molar-refractivity contribution < 1.29 is 0 Å². The third-order valence-corrected chi connectivity index (χ3v) is 4.09. The van der Waals surface area contributed by atoms with Gasteiger partial charge in [0, 0.05) is 22.7 Å². The minimum Gasteiger partial charge on any atom is -0.241 e. The van der Waals surface area contributed by atoms with E-state index < -0.39 is 0 Å². The molecule has 0 N–H and O–H groups in total. The Kier molecular flexibility index (Phi) is 4.64. The molecule has 2 aromatic rings. The van der Waals surface area contributed by atoms with Gasteiger partial charge in [-0.25, -0.2) is 4.98 Å². The van der Waals surface area contributed by atoms with Gasteiger partial charge in [-0.15, -0.1) is 22.9 Å². The molecule has 1 heterocycles. The van der Waals surface area contributed by atoms with E-state index in [9.17, 15) is 0 Å². The van der Waals surface area contributed by atoms with Gasteiger partial charge in [-0.2, -0.15) is 0 Å². The summed E-state index contributed by atoms with van der Waals surface area (Å²) in [4.78, 5) is 4.75. The van der Waals surface area contributed by atoms with Crippen LogP contribution in [0.2, 0.25) is 0 Å². The van der Waals surface area contributed by atoms with E-state index in [0.717, 1.165) is 18.5 Å². The van der Waals surface area contributed by atoms with E-state index in [-0.39, 0.29) is 10.8 Å². The summed E-state index contributed by atoms with van der Waals surface area (Å²) in [6.45, 7) is 6.57. The van der Waals surface area contributed by atoms with E-state index in [2.05, 4.69) is 38.3 Å². The minimum absolute atomic E-state index is 0.201. The van der Waals surface area contributed by atoms with Gasteiger partial charge in [-0.3, -0.25) is 0 Å². The van der Waals surface area contributed by atoms with Gasteiger partial charge in [0.25, 0.3) is 0 Å². The molecule has 1 aromatic carbocycles. The van der Waals surface area contributed by atoms with Crippen molar-refractivity contribution >= 4 is 22.9 Å². The molecule has 0 saturated carbocycles. The molecule has 102 valence electrons. The molecule has 3 heteroatoms. The summed E-state index contributed by atoms with van der Waals surface area (Å²) < 4.78 is 0. The summed E-state index contributed by atoms with van der Waals surface area (Å²) in [6.07, 6.45) is 2.00. The lowest BCUT2D eigenvalue weighted by atomic mass is 9.85. The summed E-state index contributed by atoms with van der Waals surface area (Å²) in [7, 11) is 0. The molecule has 2 rings (SSSR count). The van der Waals surface area contributed by atoms with Crippen LogP contribution < -0.4 is 0 Å². The van der Waals surface area contributed by atoms with E-state index in [4.69, 9.17) is 16.6 Å². The molecule has 0 spiro atoms. The molecule has 1 aromatic heterocycles. The van der Waals surface area contributed by atoms with Gasteiger partial charge < -0.3 is 0 Å². The predicted molar refractivity (Wildman–Crippen MR) is 85.0 cm³/mol. The second-order valence-electron chi connectivity index (χ2n) is 5.82. The lowest BCUT2D eigenvalue weighted by molar-refractivity contribution is 0.331. The summed E-state index contributed by atoms with van der Waals surface area (Å²) >= 11 is 7.86. The average molecular weight is 294 g/mol. The Labute approximate surface area is 124 Å². The van der Waals surface area contributed by atoms with Crippen LogP contribution in [0.4, 0.5) is 0 Å². The van der Waals surface area contributed by atoms with Crippen LogP contribution in [0.15, 0.2) is 35.7 Å². The van der Waals surface area contributed by atoms with Crippen molar-refractivity contribution in [3.8, 4) is 11.3 Å². The van der Waals surface area contributed by atoms with Crippen LogP contribution in [0.25, 0.3) is 11.3 Å². The fourth-order valence-corrected chi connectivity index (χ4v) is 3.86. The SMILES string of the molecule is CC(Cl)CC(C)(C)Cc1nc(-c2ccccc2)cs1. The molecular formula is C16H20ClNS. The summed E-state index contributed by atoms with van der Waals surface area (Å²) in [5, 5.41) is 3.55. The predicted octanol–water partition coefficient (Wildman–Crippen LogP) is 5.40. The van der Waals surface area contributed by atoms with Crippen molar-refractivity contribution in [1.29, 1.82) is 0 Å². The Morgan fingerprint density at radius 3 is 2.58 bits per heavy atom. The molecule has 0 aliphatic carbocycles. The number of nitrogens with zero attached hydrogens (tertiary/aromatic N) is 1. The summed E-state index contributed by atoms with van der Waals surface area (Å²) in [5.74, 6) is 0. The molecule has 19 heavy (non-hydrogen) atoms. The highest BCUT2D eigenvalue weighted by atomic mass is 35.5. The molecule has 0 radical (unpaired) electrons. The molecule has 1 nitrogen and oxygen atoms in total. The van der Waals surface area contributed by atoms with Gasteiger partial charge in [0.2, 0.25) is 0 Å². The summed E-state index contributed by atoms with van der Waals surface area (Å²) in [5.41, 5.74) is 2.47. The largest absolute Gasteiger partial charge is 0.241 e. The zero-order valence-corrected chi connectivity index (χ0v) is 13.3. The molecule has 0 amide bonds. The molecule has 0 aliphatic heterocycles. The molecule has 0 aliphatic rings. The Morgan fingerprint density at radius 2 is 1.95 bits per heavy atom. The summed E-state index contributed by atoms with van der Waals surface area (Å²) in [6, 6.07) is 10.3. The van der Waals surface area contributed by atoms with Gasteiger partial charge in [0.15, 0.2) is 0 Å². The second-order valence-corrected chi connectivity index (χ2v) is 7.51. The molecule has 0 saturated heterocycles. The third kappa shape index (κ3) is 4.32. The Balaban J connectivity index is 2.10. The van der Waals surface area contributed by atoms with E-state index in [0.29, 0.717) is 0 Å². The Morgan fingerprint density at radius 1 is 1.26 bits per heavy atom. The van der Waals surface area contributed by atoms with E-state index in [1.54, 1.807) is 11.3 Å². The quantitative estimate of drug-likeness (QED) is 0.673. The molecule has 0 bridgehead atoms. The number of hydrogen-bond donors (Lipinski definition) is 0. The van der Waals surface area contributed by atoms with Crippen molar-refractivity contribution in [3.63, 3.8) is 0 Å². The van der Waals surface area contributed by atoms with Crippen molar-refractivity contribution in [2.24, 2.45) is 5.41 Å². The topological polar surface area (TPSA) is 12.9 Å². The third-order valence-electron chi connectivity index (χ3n) is 3.08. The number of thiazole rings is 1. The fraction of sp³-hybridized carbons (Fsp3) is 0.438. The van der Waals surface area contributed by atoms with Crippen LogP contribution in [0.5, 0.6) is 0 Å². The number of hydrogen-bond acceptors (Lipinski definition) is 2.